The van der Waals surface area contributed by atoms with Gasteiger partial charge in [0.15, 0.2) is 5.11 Å². The average Bonchev–Trinajstić information content (AvgIpc) is 3.53. The first-order valence-corrected chi connectivity index (χ1v) is 10.1. The molecule has 0 radical (unpaired) electrons. The van der Waals surface area contributed by atoms with Crippen molar-refractivity contribution in [2.45, 2.75) is 32.5 Å². The van der Waals surface area contributed by atoms with Gasteiger partial charge in [-0.15, -0.1) is 10.2 Å². The highest BCUT2D eigenvalue weighted by Gasteiger charge is 2.41. The van der Waals surface area contributed by atoms with E-state index in [4.69, 9.17) is 16.6 Å². The molecule has 8 nitrogen and oxygen atoms in total. The van der Waals surface area contributed by atoms with Crippen LogP contribution in [0, 0.1) is 13.8 Å². The van der Waals surface area contributed by atoms with Gasteiger partial charge in [0.1, 0.15) is 18.4 Å². The Morgan fingerprint density at radius 3 is 2.67 bits per heavy atom. The molecule has 0 amide bonds. The Balaban J connectivity index is 1.62. The molecule has 5 heterocycles. The lowest BCUT2D eigenvalue weighted by molar-refractivity contribution is 0.286. The quantitative estimate of drug-likeness (QED) is 0.498. The molecule has 1 aliphatic rings. The van der Waals surface area contributed by atoms with E-state index in [1.807, 2.05) is 41.2 Å². The first-order chi connectivity index (χ1) is 14.6. The number of hydrogen-bond acceptors (Lipinski definition) is 5. The molecule has 9 heteroatoms. The van der Waals surface area contributed by atoms with Crippen LogP contribution in [0.5, 0.6) is 0 Å². The summed E-state index contributed by atoms with van der Waals surface area (Å²) in [6, 6.07) is 11.9. The normalized spacial score (nSPS) is 18.7. The largest absolute Gasteiger partial charge is 0.467 e. The van der Waals surface area contributed by atoms with Crippen LogP contribution in [-0.2, 0) is 6.54 Å². The van der Waals surface area contributed by atoms with Crippen molar-refractivity contribution in [2.24, 2.45) is 0 Å². The molecule has 1 saturated heterocycles. The minimum atomic E-state index is -0.0801. The number of hydrogen-bond donors (Lipinski definition) is 1. The Morgan fingerprint density at radius 2 is 1.97 bits per heavy atom. The van der Waals surface area contributed by atoms with Crippen molar-refractivity contribution in [3.8, 4) is 0 Å². The Bertz CT molecular complexity index is 1150. The van der Waals surface area contributed by atoms with Crippen LogP contribution in [0.4, 0.5) is 0 Å². The van der Waals surface area contributed by atoms with Gasteiger partial charge in [-0.05, 0) is 56.4 Å². The maximum atomic E-state index is 5.74. The summed E-state index contributed by atoms with van der Waals surface area (Å²) < 4.78 is 9.59. The Kier molecular flexibility index (Phi) is 4.59. The Morgan fingerprint density at radius 1 is 1.13 bits per heavy atom. The minimum absolute atomic E-state index is 0.0473. The predicted molar refractivity (Wildman–Crippen MR) is 114 cm³/mol. The Hall–Kier alpha value is -3.46. The van der Waals surface area contributed by atoms with Gasteiger partial charge in [0, 0.05) is 23.1 Å². The number of rotatable bonds is 5. The second-order valence-electron chi connectivity index (χ2n) is 7.31. The van der Waals surface area contributed by atoms with Gasteiger partial charge in [-0.2, -0.15) is 0 Å². The summed E-state index contributed by atoms with van der Waals surface area (Å²) in [5.41, 5.74) is 4.28. The zero-order valence-corrected chi connectivity index (χ0v) is 17.5. The third-order valence-electron chi connectivity index (χ3n) is 5.49. The summed E-state index contributed by atoms with van der Waals surface area (Å²) in [5.74, 6) is 0.860. The number of furan rings is 1. The van der Waals surface area contributed by atoms with Gasteiger partial charge in [0.2, 0.25) is 0 Å². The van der Waals surface area contributed by atoms with Crippen LogP contribution in [0.2, 0.25) is 0 Å². The van der Waals surface area contributed by atoms with E-state index < -0.39 is 0 Å². The summed E-state index contributed by atoms with van der Waals surface area (Å²) in [7, 11) is 0. The lowest BCUT2D eigenvalue weighted by Gasteiger charge is -2.27. The van der Waals surface area contributed by atoms with E-state index in [1.54, 1.807) is 18.9 Å². The lowest BCUT2D eigenvalue weighted by atomic mass is 9.96. The monoisotopic (exact) mass is 419 g/mol. The van der Waals surface area contributed by atoms with Crippen molar-refractivity contribution in [2.75, 3.05) is 0 Å². The molecule has 0 bridgehead atoms. The molecule has 4 aromatic heterocycles. The van der Waals surface area contributed by atoms with Gasteiger partial charge < -0.3 is 14.6 Å². The maximum Gasteiger partial charge on any atom is 0.170 e. The fraction of sp³-hybridized carbons (Fsp3) is 0.238. The third kappa shape index (κ3) is 3.07. The molecule has 0 unspecified atom stereocenters. The molecule has 152 valence electrons. The molecule has 1 N–H and O–H groups in total. The van der Waals surface area contributed by atoms with E-state index in [2.05, 4.69) is 50.0 Å². The number of nitrogens with zero attached hydrogens (tertiary/aromatic N) is 6. The van der Waals surface area contributed by atoms with Crippen molar-refractivity contribution in [1.29, 1.82) is 0 Å². The summed E-state index contributed by atoms with van der Waals surface area (Å²) in [6.07, 6.45) is 6.88. The molecular formula is C21H21N7OS. The first-order valence-electron chi connectivity index (χ1n) is 9.68. The van der Waals surface area contributed by atoms with E-state index in [0.717, 1.165) is 28.4 Å². The van der Waals surface area contributed by atoms with Gasteiger partial charge >= 0.3 is 0 Å². The summed E-state index contributed by atoms with van der Waals surface area (Å²) in [6.45, 7) is 4.75. The van der Waals surface area contributed by atoms with Gasteiger partial charge in [-0.1, -0.05) is 6.07 Å². The number of aromatic nitrogens is 5. The fourth-order valence-corrected chi connectivity index (χ4v) is 4.52. The summed E-state index contributed by atoms with van der Waals surface area (Å²) >= 11 is 5.74. The second kappa shape index (κ2) is 7.42. The standard InChI is InChI=1S/C21H21N7OS/c1-14-10-17(15(2)28(14)26-12-23-24-13-26)20-19(18-7-3-4-8-22-18)25-21(30)27(20)11-16-6-5-9-29-16/h3-10,12-13,19-20H,11H2,1-2H3,(H,25,30)/t19-,20-/m0/s1. The molecule has 5 rings (SSSR count). The summed E-state index contributed by atoms with van der Waals surface area (Å²) in [5, 5.41) is 12.1. The highest BCUT2D eigenvalue weighted by molar-refractivity contribution is 7.80. The number of thiocarbonyl (C=S) groups is 1. The predicted octanol–water partition coefficient (Wildman–Crippen LogP) is 3.17. The van der Waals surface area contributed by atoms with Crippen LogP contribution in [0.1, 0.15) is 40.5 Å². The zero-order chi connectivity index (χ0) is 20.7. The molecule has 4 aromatic rings. The number of pyridine rings is 1. The van der Waals surface area contributed by atoms with Gasteiger partial charge in [-0.3, -0.25) is 9.66 Å². The first kappa shape index (κ1) is 18.6. The van der Waals surface area contributed by atoms with Crippen molar-refractivity contribution in [3.05, 3.63) is 89.9 Å². The molecule has 1 fully saturated rings. The highest BCUT2D eigenvalue weighted by Crippen LogP contribution is 2.41. The second-order valence-corrected chi connectivity index (χ2v) is 7.70. The number of aryl methyl sites for hydroxylation is 1. The van der Waals surface area contributed by atoms with E-state index in [1.165, 1.54) is 0 Å². The van der Waals surface area contributed by atoms with Gasteiger partial charge in [0.05, 0.1) is 30.6 Å². The zero-order valence-electron chi connectivity index (χ0n) is 16.6. The van der Waals surface area contributed by atoms with E-state index in [9.17, 15) is 0 Å². The molecule has 30 heavy (non-hydrogen) atoms. The molecule has 2 atom stereocenters. The Labute approximate surface area is 179 Å². The van der Waals surface area contributed by atoms with Crippen molar-refractivity contribution < 1.29 is 4.42 Å². The van der Waals surface area contributed by atoms with Crippen LogP contribution in [0.15, 0.2) is 65.9 Å². The van der Waals surface area contributed by atoms with E-state index in [-0.39, 0.29) is 12.1 Å². The molecule has 0 saturated carbocycles. The number of nitrogens with one attached hydrogen (secondary N) is 1. The third-order valence-corrected chi connectivity index (χ3v) is 5.85. The molecule has 1 aliphatic heterocycles. The van der Waals surface area contributed by atoms with Crippen molar-refractivity contribution in [1.82, 2.24) is 34.8 Å². The van der Waals surface area contributed by atoms with Crippen LogP contribution < -0.4 is 5.32 Å². The van der Waals surface area contributed by atoms with Crippen LogP contribution in [0.3, 0.4) is 0 Å². The van der Waals surface area contributed by atoms with Crippen molar-refractivity contribution >= 4 is 17.3 Å². The average molecular weight is 420 g/mol. The van der Waals surface area contributed by atoms with Gasteiger partial charge in [0.25, 0.3) is 0 Å². The SMILES string of the molecule is Cc1cc([C@H]2[C@H](c3ccccn3)NC(=S)N2Cc2ccco2)c(C)n1-n1cnnc1. The highest BCUT2D eigenvalue weighted by atomic mass is 32.1. The summed E-state index contributed by atoms with van der Waals surface area (Å²) in [4.78, 5) is 6.78. The van der Waals surface area contributed by atoms with Crippen LogP contribution in [-0.4, -0.2) is 34.5 Å². The topological polar surface area (TPSA) is 76.9 Å². The smallest absolute Gasteiger partial charge is 0.170 e. The maximum absolute atomic E-state index is 5.74. The molecule has 0 aromatic carbocycles. The lowest BCUT2D eigenvalue weighted by Crippen LogP contribution is -2.29. The van der Waals surface area contributed by atoms with Crippen molar-refractivity contribution in [3.63, 3.8) is 0 Å². The van der Waals surface area contributed by atoms with Crippen LogP contribution in [0.25, 0.3) is 0 Å². The van der Waals surface area contributed by atoms with Gasteiger partial charge in [-0.25, -0.2) is 4.68 Å². The van der Waals surface area contributed by atoms with Crippen LogP contribution >= 0.6 is 12.2 Å². The molecule has 0 spiro atoms. The van der Waals surface area contributed by atoms with E-state index in [0.29, 0.717) is 11.7 Å². The molecular weight excluding hydrogens is 398 g/mol. The van der Waals surface area contributed by atoms with E-state index >= 15 is 0 Å². The fourth-order valence-electron chi connectivity index (χ4n) is 4.22. The molecule has 0 aliphatic carbocycles. The minimum Gasteiger partial charge on any atom is -0.467 e.